The van der Waals surface area contributed by atoms with Crippen LogP contribution in [0.1, 0.15) is 83.8 Å². The predicted molar refractivity (Wildman–Crippen MR) is 203 cm³/mol. The van der Waals surface area contributed by atoms with Crippen LogP contribution in [0.3, 0.4) is 0 Å². The molecule has 0 amide bonds. The summed E-state index contributed by atoms with van der Waals surface area (Å²) in [5.74, 6) is 0.516. The van der Waals surface area contributed by atoms with Crippen LogP contribution in [0.5, 0.6) is 0 Å². The Morgan fingerprint density at radius 3 is 2.26 bits per heavy atom. The van der Waals surface area contributed by atoms with Gasteiger partial charge in [0.15, 0.2) is 0 Å². The fourth-order valence-electron chi connectivity index (χ4n) is 9.86. The van der Waals surface area contributed by atoms with E-state index >= 15 is 0 Å². The van der Waals surface area contributed by atoms with E-state index < -0.39 is 0 Å². The van der Waals surface area contributed by atoms with Gasteiger partial charge in [-0.25, -0.2) is 0 Å². The van der Waals surface area contributed by atoms with Gasteiger partial charge < -0.3 is 9.13 Å². The Morgan fingerprint density at radius 2 is 1.46 bits per heavy atom. The number of para-hydroxylation sites is 1. The van der Waals surface area contributed by atoms with Gasteiger partial charge in [-0.3, -0.25) is 0 Å². The van der Waals surface area contributed by atoms with Gasteiger partial charge in [0.25, 0.3) is 0 Å². The lowest BCUT2D eigenvalue weighted by molar-refractivity contribution is 0.425. The number of aromatic nitrogens is 2. The fourth-order valence-corrected chi connectivity index (χ4v) is 9.86. The standard InChI is InChI=1S/C46H34N4/c1-27-22-35-32-14-6-9-17-36(32)46(2,3)44(35)43-34-16-8-11-19-38(34)50(45(27)43)41-24-29(25-47)40(23-30(41)26-48)49-37-18-10-7-15-33(37)42-31-13-5-4-12-28(31)20-21-39(42)49/h4-6,8-14,16-24,35,44H,7,15H2,1-3H3. The molecular formula is C46H34N4. The van der Waals surface area contributed by atoms with Crippen molar-refractivity contribution >= 4 is 44.2 Å². The fraction of sp³-hybridized carbons (Fsp3) is 0.174. The second-order valence-corrected chi connectivity index (χ2v) is 14.7. The highest BCUT2D eigenvalue weighted by atomic mass is 15.0. The van der Waals surface area contributed by atoms with Crippen molar-refractivity contribution in [3.8, 4) is 23.5 Å². The molecule has 10 rings (SSSR count). The number of hydrogen-bond donors (Lipinski definition) is 0. The highest BCUT2D eigenvalue weighted by Gasteiger charge is 2.50. The Labute approximate surface area is 291 Å². The second kappa shape index (κ2) is 10.2. The van der Waals surface area contributed by atoms with E-state index in [4.69, 9.17) is 0 Å². The molecule has 7 aromatic rings. The molecule has 0 saturated heterocycles. The minimum atomic E-state index is -0.0891. The summed E-state index contributed by atoms with van der Waals surface area (Å²) in [6.45, 7) is 6.97. The lowest BCUT2D eigenvalue weighted by Gasteiger charge is -2.35. The molecule has 3 aliphatic carbocycles. The second-order valence-electron chi connectivity index (χ2n) is 14.7. The van der Waals surface area contributed by atoms with Crippen molar-refractivity contribution in [3.05, 3.63) is 154 Å². The van der Waals surface area contributed by atoms with E-state index in [9.17, 15) is 10.5 Å². The Hall–Kier alpha value is -6.10. The zero-order valence-electron chi connectivity index (χ0n) is 28.3. The molecule has 2 heterocycles. The number of allylic oxidation sites excluding steroid dienone is 3. The van der Waals surface area contributed by atoms with E-state index in [2.05, 4.69) is 145 Å². The Bertz CT molecular complexity index is 2780. The van der Waals surface area contributed by atoms with Crippen LogP contribution in [0.25, 0.3) is 55.6 Å². The first-order valence-corrected chi connectivity index (χ1v) is 17.5. The summed E-state index contributed by atoms with van der Waals surface area (Å²) in [5, 5.41) is 26.6. The van der Waals surface area contributed by atoms with E-state index in [-0.39, 0.29) is 17.3 Å². The first-order valence-electron chi connectivity index (χ1n) is 17.5. The summed E-state index contributed by atoms with van der Waals surface area (Å²) in [6.07, 6.45) is 8.76. The normalized spacial score (nSPS) is 18.3. The van der Waals surface area contributed by atoms with E-state index in [1.165, 1.54) is 49.4 Å². The Balaban J connectivity index is 1.26. The molecule has 0 N–H and O–H groups in total. The predicted octanol–water partition coefficient (Wildman–Crippen LogP) is 11.0. The number of benzene rings is 5. The molecule has 2 atom stereocenters. The highest BCUT2D eigenvalue weighted by molar-refractivity contribution is 6.10. The smallest absolute Gasteiger partial charge is 0.101 e. The zero-order chi connectivity index (χ0) is 33.9. The van der Waals surface area contributed by atoms with Crippen LogP contribution in [0.15, 0.2) is 109 Å². The van der Waals surface area contributed by atoms with Gasteiger partial charge >= 0.3 is 0 Å². The Morgan fingerprint density at radius 1 is 0.760 bits per heavy atom. The average molecular weight is 643 g/mol. The molecule has 0 spiro atoms. The SMILES string of the molecule is CC1=CC2c3ccccc3C(C)(C)C2c2c1n(-c1cc(C#N)c(-n3c4c(c5c6ccccc6ccc53)CCC=C4)cc1C#N)c1ccccc21. The molecule has 5 aromatic carbocycles. The van der Waals surface area contributed by atoms with Crippen molar-refractivity contribution in [3.63, 3.8) is 0 Å². The van der Waals surface area contributed by atoms with E-state index in [1.807, 2.05) is 12.1 Å². The van der Waals surface area contributed by atoms with Crippen LogP contribution in [0.2, 0.25) is 0 Å². The van der Waals surface area contributed by atoms with Crippen molar-refractivity contribution in [2.24, 2.45) is 0 Å². The van der Waals surface area contributed by atoms with Crippen LogP contribution < -0.4 is 0 Å². The summed E-state index contributed by atoms with van der Waals surface area (Å²) in [7, 11) is 0. The molecule has 0 fully saturated rings. The molecule has 238 valence electrons. The third kappa shape index (κ3) is 3.63. The van der Waals surface area contributed by atoms with Gasteiger partial charge in [-0.05, 0) is 94.1 Å². The molecule has 3 aliphatic rings. The molecular weight excluding hydrogens is 609 g/mol. The summed E-state index contributed by atoms with van der Waals surface area (Å²) < 4.78 is 4.48. The number of aryl methyl sites for hydroxylation is 1. The monoisotopic (exact) mass is 642 g/mol. The summed E-state index contributed by atoms with van der Waals surface area (Å²) >= 11 is 0. The zero-order valence-corrected chi connectivity index (χ0v) is 28.3. The summed E-state index contributed by atoms with van der Waals surface area (Å²) in [5.41, 5.74) is 13.5. The average Bonchev–Trinajstić information content (AvgIpc) is 3.75. The number of hydrogen-bond acceptors (Lipinski definition) is 2. The molecule has 0 bridgehead atoms. The van der Waals surface area contributed by atoms with Gasteiger partial charge in [-0.2, -0.15) is 10.5 Å². The lowest BCUT2D eigenvalue weighted by atomic mass is 9.68. The van der Waals surface area contributed by atoms with E-state index in [1.54, 1.807) is 0 Å². The molecule has 0 aliphatic heterocycles. The molecule has 50 heavy (non-hydrogen) atoms. The summed E-state index contributed by atoms with van der Waals surface area (Å²) in [4.78, 5) is 0. The topological polar surface area (TPSA) is 57.4 Å². The van der Waals surface area contributed by atoms with Crippen molar-refractivity contribution < 1.29 is 0 Å². The Kier molecular flexibility index (Phi) is 5.89. The van der Waals surface area contributed by atoms with E-state index in [0.717, 1.165) is 46.6 Å². The maximum Gasteiger partial charge on any atom is 0.101 e. The number of nitriles is 2. The van der Waals surface area contributed by atoms with Crippen molar-refractivity contribution in [2.75, 3.05) is 0 Å². The molecule has 2 aromatic heterocycles. The first kappa shape index (κ1) is 28.9. The van der Waals surface area contributed by atoms with Crippen molar-refractivity contribution in [1.82, 2.24) is 9.13 Å². The van der Waals surface area contributed by atoms with Gasteiger partial charge in [0.1, 0.15) is 12.1 Å². The number of nitrogens with zero attached hydrogens (tertiary/aromatic N) is 4. The number of fused-ring (bicyclic) bond motifs is 12. The largest absolute Gasteiger partial charge is 0.308 e. The molecule has 2 unspecified atom stereocenters. The van der Waals surface area contributed by atoms with Crippen LogP contribution in [0, 0.1) is 22.7 Å². The van der Waals surface area contributed by atoms with Gasteiger partial charge in [0, 0.05) is 28.3 Å². The first-order chi connectivity index (χ1) is 24.4. The van der Waals surface area contributed by atoms with Gasteiger partial charge in [-0.1, -0.05) is 98.8 Å². The molecule has 4 nitrogen and oxygen atoms in total. The maximum atomic E-state index is 10.9. The highest BCUT2D eigenvalue weighted by Crippen LogP contribution is 2.61. The van der Waals surface area contributed by atoms with Crippen molar-refractivity contribution in [1.29, 1.82) is 10.5 Å². The third-order valence-corrected chi connectivity index (χ3v) is 11.9. The summed E-state index contributed by atoms with van der Waals surface area (Å²) in [6, 6.07) is 39.4. The van der Waals surface area contributed by atoms with Crippen LogP contribution in [-0.4, -0.2) is 9.13 Å². The minimum absolute atomic E-state index is 0.0891. The lowest BCUT2D eigenvalue weighted by Crippen LogP contribution is -2.26. The van der Waals surface area contributed by atoms with Crippen LogP contribution in [-0.2, 0) is 11.8 Å². The van der Waals surface area contributed by atoms with Gasteiger partial charge in [-0.15, -0.1) is 0 Å². The minimum Gasteiger partial charge on any atom is -0.308 e. The molecule has 0 saturated carbocycles. The van der Waals surface area contributed by atoms with E-state index in [0.29, 0.717) is 11.1 Å². The molecule has 4 heteroatoms. The van der Waals surface area contributed by atoms with Crippen LogP contribution >= 0.6 is 0 Å². The number of rotatable bonds is 2. The van der Waals surface area contributed by atoms with Crippen molar-refractivity contribution in [2.45, 2.75) is 50.9 Å². The van der Waals surface area contributed by atoms with Gasteiger partial charge in [0.05, 0.1) is 39.2 Å². The van der Waals surface area contributed by atoms with Gasteiger partial charge in [0.2, 0.25) is 0 Å². The molecule has 0 radical (unpaired) electrons. The maximum absolute atomic E-state index is 10.9. The quantitative estimate of drug-likeness (QED) is 0.188. The van der Waals surface area contributed by atoms with Crippen LogP contribution in [0.4, 0.5) is 0 Å². The third-order valence-electron chi connectivity index (χ3n) is 11.9.